The van der Waals surface area contributed by atoms with Gasteiger partial charge in [0.1, 0.15) is 11.4 Å². The molecule has 47 heavy (non-hydrogen) atoms. The Kier molecular flexibility index (Phi) is 7.55. The van der Waals surface area contributed by atoms with Gasteiger partial charge in [-0.05, 0) is 30.7 Å². The van der Waals surface area contributed by atoms with Crippen molar-refractivity contribution in [2.24, 2.45) is 17.8 Å². The van der Waals surface area contributed by atoms with Gasteiger partial charge in [-0.3, -0.25) is 19.2 Å². The number of nitrogens with zero attached hydrogens (tertiary/aromatic N) is 2. The first-order chi connectivity index (χ1) is 22.1. The second kappa shape index (κ2) is 10.9. The number of alkyl halides is 2. The van der Waals surface area contributed by atoms with Gasteiger partial charge in [0.2, 0.25) is 17.6 Å². The molecule has 2 aliphatic carbocycles. The highest BCUT2D eigenvalue weighted by molar-refractivity contribution is 6.58. The number of amides is 5. The number of rotatable bonds is 4. The highest BCUT2D eigenvalue weighted by Crippen LogP contribution is 2.66. The molecule has 0 spiro atoms. The number of likely N-dealkylation sites (tertiary alicyclic amines) is 1. The Morgan fingerprint density at radius 2 is 1.62 bits per heavy atom. The van der Waals surface area contributed by atoms with Crippen LogP contribution in [0.5, 0.6) is 5.75 Å². The quantitative estimate of drug-likeness (QED) is 0.117. The number of methoxy groups -OCH3 is 1. The molecule has 6 unspecified atom stereocenters. The SMILES string of the molecule is C=CCc1cccc(C2C3=CCC4C(=O)N(C(=O)OC)C(=O)C4C3CC3(Cl)C(=O)N(c4c(F)c(F)c(F)c(F)c4F)C(=O)C23Cl)c1O. The van der Waals surface area contributed by atoms with Gasteiger partial charge >= 0.3 is 6.09 Å². The van der Waals surface area contributed by atoms with E-state index in [1.807, 2.05) is 0 Å². The number of ether oxygens (including phenoxy) is 1. The summed E-state index contributed by atoms with van der Waals surface area (Å²) in [6.07, 6.45) is 0.722. The van der Waals surface area contributed by atoms with Gasteiger partial charge in [-0.25, -0.2) is 31.6 Å². The van der Waals surface area contributed by atoms with Crippen LogP contribution in [0, 0.1) is 46.8 Å². The van der Waals surface area contributed by atoms with E-state index < -0.39 is 110 Å². The zero-order valence-corrected chi connectivity index (χ0v) is 25.5. The summed E-state index contributed by atoms with van der Waals surface area (Å²) < 4.78 is 77.5. The number of fused-ring (bicyclic) bond motifs is 4. The first-order valence-corrected chi connectivity index (χ1v) is 14.7. The number of aromatic hydroxyl groups is 1. The number of carbonyl (C=O) groups is 5. The number of hydrogen-bond acceptors (Lipinski definition) is 7. The average Bonchev–Trinajstić information content (AvgIpc) is 3.38. The Morgan fingerprint density at radius 3 is 2.21 bits per heavy atom. The zero-order valence-electron chi connectivity index (χ0n) is 24.0. The maximum Gasteiger partial charge on any atom is 0.423 e. The molecule has 2 aliphatic heterocycles. The number of imide groups is 4. The molecule has 2 saturated heterocycles. The molecule has 0 aromatic heterocycles. The minimum Gasteiger partial charge on any atom is -0.507 e. The molecule has 0 bridgehead atoms. The molecule has 2 heterocycles. The van der Waals surface area contributed by atoms with Crippen LogP contribution in [0.15, 0.2) is 42.5 Å². The summed E-state index contributed by atoms with van der Waals surface area (Å²) in [7, 11) is 0.941. The van der Waals surface area contributed by atoms with E-state index in [-0.39, 0.29) is 39.3 Å². The van der Waals surface area contributed by atoms with Crippen molar-refractivity contribution in [1.82, 2.24) is 4.90 Å². The molecule has 2 aromatic rings. The summed E-state index contributed by atoms with van der Waals surface area (Å²) in [4.78, 5) is 62.0. The molecule has 0 radical (unpaired) electrons. The lowest BCUT2D eigenvalue weighted by Gasteiger charge is -2.50. The predicted octanol–water partition coefficient (Wildman–Crippen LogP) is 5.15. The number of phenols is 1. The number of anilines is 1. The van der Waals surface area contributed by atoms with Crippen molar-refractivity contribution < 1.29 is 55.8 Å². The topological polar surface area (TPSA) is 121 Å². The lowest BCUT2D eigenvalue weighted by molar-refractivity contribution is -0.138. The molecule has 3 fully saturated rings. The molecule has 6 atom stereocenters. The fourth-order valence-electron chi connectivity index (χ4n) is 7.35. The van der Waals surface area contributed by atoms with Gasteiger partial charge in [-0.2, -0.15) is 4.90 Å². The van der Waals surface area contributed by atoms with Crippen LogP contribution in [0.2, 0.25) is 0 Å². The van der Waals surface area contributed by atoms with E-state index in [9.17, 15) is 42.3 Å². The van der Waals surface area contributed by atoms with Gasteiger partial charge < -0.3 is 9.84 Å². The Labute approximate surface area is 272 Å². The molecule has 246 valence electrons. The highest BCUT2D eigenvalue weighted by atomic mass is 35.5. The standard InChI is InChI=1S/C31H21Cl2F5N2O7/c1-3-5-11-6-4-7-14(24(11)41)17-12-8-9-13-16(26(43)40(25(13)42)29(46)47-2)15(12)10-30(32)27(44)39(28(45)31(17,30)33)23-21(37)19(35)18(34)20(36)22(23)38/h3-4,6-8,13,15-17,41H,1,5,9-10H2,2H3. The lowest BCUT2D eigenvalue weighted by atomic mass is 9.56. The maximum atomic E-state index is 15.1. The molecule has 1 saturated carbocycles. The van der Waals surface area contributed by atoms with E-state index in [0.717, 1.165) is 7.11 Å². The summed E-state index contributed by atoms with van der Waals surface area (Å²) in [5, 5.41) is 11.4. The number of halogens is 7. The molecule has 4 aliphatic rings. The number of para-hydroxylation sites is 1. The monoisotopic (exact) mass is 698 g/mol. The Balaban J connectivity index is 1.62. The predicted molar refractivity (Wildman–Crippen MR) is 153 cm³/mol. The number of hydrogen-bond donors (Lipinski definition) is 1. The van der Waals surface area contributed by atoms with Crippen LogP contribution >= 0.6 is 23.2 Å². The minimum atomic E-state index is -2.81. The van der Waals surface area contributed by atoms with Gasteiger partial charge in [0.05, 0.1) is 18.9 Å². The Morgan fingerprint density at radius 1 is 1.00 bits per heavy atom. The normalized spacial score (nSPS) is 29.8. The van der Waals surface area contributed by atoms with E-state index in [0.29, 0.717) is 0 Å². The third-order valence-electron chi connectivity index (χ3n) is 9.40. The maximum absolute atomic E-state index is 15.1. The van der Waals surface area contributed by atoms with Crippen LogP contribution < -0.4 is 4.90 Å². The molecule has 16 heteroatoms. The molecule has 1 N–H and O–H groups in total. The van der Waals surface area contributed by atoms with Crippen molar-refractivity contribution in [1.29, 1.82) is 0 Å². The van der Waals surface area contributed by atoms with Gasteiger partial charge in [0.15, 0.2) is 33.0 Å². The van der Waals surface area contributed by atoms with Crippen LogP contribution in [0.25, 0.3) is 0 Å². The van der Waals surface area contributed by atoms with E-state index in [2.05, 4.69) is 11.3 Å². The van der Waals surface area contributed by atoms with Crippen molar-refractivity contribution in [3.63, 3.8) is 0 Å². The van der Waals surface area contributed by atoms with E-state index in [4.69, 9.17) is 23.2 Å². The van der Waals surface area contributed by atoms with Gasteiger partial charge in [0, 0.05) is 11.5 Å². The van der Waals surface area contributed by atoms with E-state index in [1.165, 1.54) is 30.4 Å². The Hall–Kier alpha value is -4.30. The molecule has 6 rings (SSSR count). The average molecular weight is 699 g/mol. The number of allylic oxidation sites excluding steroid dienone is 3. The smallest absolute Gasteiger partial charge is 0.423 e. The van der Waals surface area contributed by atoms with Crippen molar-refractivity contribution in [2.45, 2.75) is 34.9 Å². The molecule has 9 nitrogen and oxygen atoms in total. The third-order valence-corrected chi connectivity index (χ3v) is 10.8. The second-order valence-electron chi connectivity index (χ2n) is 11.5. The molecular weight excluding hydrogens is 678 g/mol. The molecule has 2 aromatic carbocycles. The summed E-state index contributed by atoms with van der Waals surface area (Å²) in [5.74, 6) is -23.7. The lowest BCUT2D eigenvalue weighted by Crippen LogP contribution is -2.60. The third kappa shape index (κ3) is 4.03. The van der Waals surface area contributed by atoms with Gasteiger partial charge in [-0.1, -0.05) is 35.9 Å². The van der Waals surface area contributed by atoms with Crippen molar-refractivity contribution >= 4 is 58.6 Å². The first kappa shape index (κ1) is 32.6. The van der Waals surface area contributed by atoms with Crippen LogP contribution in [0.4, 0.5) is 32.4 Å². The van der Waals surface area contributed by atoms with Crippen LogP contribution in [-0.4, -0.2) is 56.6 Å². The fourth-order valence-corrected chi connectivity index (χ4v) is 8.27. The van der Waals surface area contributed by atoms with Crippen molar-refractivity contribution in [3.05, 3.63) is 82.7 Å². The molecule has 5 amide bonds. The number of phenolic OH excluding ortho intramolecular Hbond substituents is 1. The zero-order chi connectivity index (χ0) is 34.5. The van der Waals surface area contributed by atoms with Gasteiger partial charge in [-0.15, -0.1) is 29.8 Å². The second-order valence-corrected chi connectivity index (χ2v) is 12.8. The van der Waals surface area contributed by atoms with Crippen molar-refractivity contribution in [3.8, 4) is 5.75 Å². The Bertz CT molecular complexity index is 1860. The largest absolute Gasteiger partial charge is 0.507 e. The first-order valence-electron chi connectivity index (χ1n) is 14.0. The van der Waals surface area contributed by atoms with Gasteiger partial charge in [0.25, 0.3) is 11.8 Å². The summed E-state index contributed by atoms with van der Waals surface area (Å²) in [5.41, 5.74) is -1.70. The number of benzene rings is 2. The summed E-state index contributed by atoms with van der Waals surface area (Å²) in [6, 6.07) is 4.26. The molecular formula is C31H21Cl2F5N2O7. The van der Waals surface area contributed by atoms with Crippen LogP contribution in [0.1, 0.15) is 29.9 Å². The summed E-state index contributed by atoms with van der Waals surface area (Å²) >= 11 is 14.1. The number of carbonyl (C=O) groups excluding carboxylic acids is 5. The van der Waals surface area contributed by atoms with E-state index in [1.54, 1.807) is 0 Å². The minimum absolute atomic E-state index is 0.0888. The van der Waals surface area contributed by atoms with E-state index >= 15 is 8.78 Å². The van der Waals surface area contributed by atoms with Crippen LogP contribution in [-0.2, 0) is 30.3 Å². The fraction of sp³-hybridized carbons (Fsp3) is 0.323. The van der Waals surface area contributed by atoms with Crippen molar-refractivity contribution in [2.75, 3.05) is 12.0 Å². The van der Waals surface area contributed by atoms with Crippen LogP contribution in [0.3, 0.4) is 0 Å². The summed E-state index contributed by atoms with van der Waals surface area (Å²) in [6.45, 7) is 3.62. The highest BCUT2D eigenvalue weighted by Gasteiger charge is 2.77.